The Morgan fingerprint density at radius 1 is 1.07 bits per heavy atom. The molecule has 0 atom stereocenters. The predicted molar refractivity (Wildman–Crippen MR) is 64.0 cm³/mol. The molecule has 0 aliphatic carbocycles. The molecule has 0 bridgehead atoms. The second-order valence-corrected chi connectivity index (χ2v) is 4.35. The first-order valence-electron chi connectivity index (χ1n) is 5.72. The maximum absolute atomic E-state index is 2.35. The first-order chi connectivity index (χ1) is 6.60. The van der Waals surface area contributed by atoms with E-state index >= 15 is 0 Å². The summed E-state index contributed by atoms with van der Waals surface area (Å²) >= 11 is 0. The highest BCUT2D eigenvalue weighted by atomic mass is 14.1. The van der Waals surface area contributed by atoms with Crippen molar-refractivity contribution in [1.29, 1.82) is 0 Å². The van der Waals surface area contributed by atoms with Crippen LogP contribution in [0.25, 0.3) is 0 Å². The Labute approximate surface area is 88.4 Å². The van der Waals surface area contributed by atoms with E-state index in [0.717, 1.165) is 12.8 Å². The Kier molecular flexibility index (Phi) is 3.74. The number of aryl methyl sites for hydroxylation is 2. The fourth-order valence-electron chi connectivity index (χ4n) is 2.18. The fraction of sp³-hybridized carbons (Fsp3) is 0.571. The molecule has 0 N–H and O–H groups in total. The molecule has 1 aromatic rings. The van der Waals surface area contributed by atoms with Crippen LogP contribution >= 0.6 is 0 Å². The van der Waals surface area contributed by atoms with E-state index in [9.17, 15) is 0 Å². The Hall–Kier alpha value is -0.780. The maximum Gasteiger partial charge on any atom is -0.0216 e. The van der Waals surface area contributed by atoms with Gasteiger partial charge in [-0.2, -0.15) is 0 Å². The third-order valence-electron chi connectivity index (χ3n) is 2.88. The van der Waals surface area contributed by atoms with E-state index in [4.69, 9.17) is 0 Å². The molecule has 0 amide bonds. The largest absolute Gasteiger partial charge is 0.0613 e. The van der Waals surface area contributed by atoms with Gasteiger partial charge in [-0.25, -0.2) is 0 Å². The molecule has 0 spiro atoms. The second kappa shape index (κ2) is 4.63. The van der Waals surface area contributed by atoms with E-state index in [0.29, 0.717) is 5.92 Å². The van der Waals surface area contributed by atoms with Gasteiger partial charge in [0.1, 0.15) is 0 Å². The van der Waals surface area contributed by atoms with Crippen LogP contribution in [0.3, 0.4) is 0 Å². The van der Waals surface area contributed by atoms with Gasteiger partial charge in [-0.05, 0) is 42.4 Å². The first kappa shape index (κ1) is 11.3. The van der Waals surface area contributed by atoms with Crippen LogP contribution < -0.4 is 0 Å². The third-order valence-corrected chi connectivity index (χ3v) is 2.88. The summed E-state index contributed by atoms with van der Waals surface area (Å²) in [5, 5.41) is 0. The third kappa shape index (κ3) is 2.17. The van der Waals surface area contributed by atoms with Gasteiger partial charge < -0.3 is 0 Å². The molecule has 0 heteroatoms. The van der Waals surface area contributed by atoms with Gasteiger partial charge in [-0.1, -0.05) is 45.4 Å². The lowest BCUT2D eigenvalue weighted by Gasteiger charge is -2.16. The zero-order chi connectivity index (χ0) is 10.7. The molecule has 78 valence electrons. The lowest BCUT2D eigenvalue weighted by Crippen LogP contribution is -2.01. The van der Waals surface area contributed by atoms with E-state index in [2.05, 4.69) is 46.8 Å². The van der Waals surface area contributed by atoms with Crippen LogP contribution in [0.2, 0.25) is 0 Å². The molecule has 0 unspecified atom stereocenters. The first-order valence-corrected chi connectivity index (χ1v) is 5.72. The zero-order valence-corrected chi connectivity index (χ0v) is 10.1. The van der Waals surface area contributed by atoms with E-state index < -0.39 is 0 Å². The summed E-state index contributed by atoms with van der Waals surface area (Å²) < 4.78 is 0. The fourth-order valence-corrected chi connectivity index (χ4v) is 2.18. The Balaban J connectivity index is 3.31. The molecule has 1 rings (SSSR count). The SMILES string of the molecule is CCc1cc(C)cc(C(C)C)c1CC. The van der Waals surface area contributed by atoms with Crippen molar-refractivity contribution in [3.05, 3.63) is 34.4 Å². The van der Waals surface area contributed by atoms with Crippen molar-refractivity contribution in [3.63, 3.8) is 0 Å². The minimum Gasteiger partial charge on any atom is -0.0613 e. The number of hydrogen-bond donors (Lipinski definition) is 0. The van der Waals surface area contributed by atoms with Crippen LogP contribution in [0.4, 0.5) is 0 Å². The molecule has 0 saturated carbocycles. The van der Waals surface area contributed by atoms with Crippen LogP contribution in [-0.2, 0) is 12.8 Å². The molecule has 14 heavy (non-hydrogen) atoms. The predicted octanol–water partition coefficient (Wildman–Crippen LogP) is 4.24. The standard InChI is InChI=1S/C14H22/c1-6-12-8-11(5)9-14(10(3)4)13(12)7-2/h8-10H,6-7H2,1-5H3. The molecule has 1 aromatic carbocycles. The Bertz CT molecular complexity index is 308. The van der Waals surface area contributed by atoms with Crippen molar-refractivity contribution >= 4 is 0 Å². The Morgan fingerprint density at radius 3 is 2.14 bits per heavy atom. The van der Waals surface area contributed by atoms with Gasteiger partial charge in [0.2, 0.25) is 0 Å². The molecule has 0 saturated heterocycles. The lowest BCUT2D eigenvalue weighted by atomic mass is 9.89. The summed E-state index contributed by atoms with van der Waals surface area (Å²) in [6.45, 7) is 11.3. The Morgan fingerprint density at radius 2 is 1.71 bits per heavy atom. The smallest absolute Gasteiger partial charge is 0.0216 e. The number of benzene rings is 1. The van der Waals surface area contributed by atoms with Crippen molar-refractivity contribution in [1.82, 2.24) is 0 Å². The highest BCUT2D eigenvalue weighted by molar-refractivity contribution is 5.40. The van der Waals surface area contributed by atoms with Crippen molar-refractivity contribution < 1.29 is 0 Å². The zero-order valence-electron chi connectivity index (χ0n) is 10.1. The van der Waals surface area contributed by atoms with E-state index in [-0.39, 0.29) is 0 Å². The minimum atomic E-state index is 0.648. The molecule has 0 nitrogen and oxygen atoms in total. The van der Waals surface area contributed by atoms with Gasteiger partial charge >= 0.3 is 0 Å². The van der Waals surface area contributed by atoms with Gasteiger partial charge in [0.15, 0.2) is 0 Å². The van der Waals surface area contributed by atoms with Gasteiger partial charge in [0.25, 0.3) is 0 Å². The highest BCUT2D eigenvalue weighted by Gasteiger charge is 2.09. The number of rotatable bonds is 3. The van der Waals surface area contributed by atoms with E-state index in [1.54, 1.807) is 11.1 Å². The van der Waals surface area contributed by atoms with Crippen molar-refractivity contribution in [2.24, 2.45) is 0 Å². The van der Waals surface area contributed by atoms with E-state index in [1.165, 1.54) is 11.1 Å². The van der Waals surface area contributed by atoms with Crippen molar-refractivity contribution in [2.75, 3.05) is 0 Å². The summed E-state index contributed by atoms with van der Waals surface area (Å²) in [5.41, 5.74) is 6.07. The molecule has 0 aliphatic heterocycles. The number of hydrogen-bond acceptors (Lipinski definition) is 0. The molecule has 0 fully saturated rings. The van der Waals surface area contributed by atoms with Gasteiger partial charge in [0, 0.05) is 0 Å². The molecule has 0 aromatic heterocycles. The topological polar surface area (TPSA) is 0 Å². The molecule has 0 heterocycles. The van der Waals surface area contributed by atoms with Gasteiger partial charge in [-0.3, -0.25) is 0 Å². The summed E-state index contributed by atoms with van der Waals surface area (Å²) in [4.78, 5) is 0. The molecule has 0 aliphatic rings. The van der Waals surface area contributed by atoms with Crippen LogP contribution in [0.5, 0.6) is 0 Å². The van der Waals surface area contributed by atoms with Crippen molar-refractivity contribution in [3.8, 4) is 0 Å². The average Bonchev–Trinajstić information content (AvgIpc) is 2.16. The molecule has 0 radical (unpaired) electrons. The van der Waals surface area contributed by atoms with Gasteiger partial charge in [0.05, 0.1) is 0 Å². The summed E-state index contributed by atoms with van der Waals surface area (Å²) in [6.07, 6.45) is 2.32. The van der Waals surface area contributed by atoms with Gasteiger partial charge in [-0.15, -0.1) is 0 Å². The maximum atomic E-state index is 2.35. The quantitative estimate of drug-likeness (QED) is 0.668. The van der Waals surface area contributed by atoms with Crippen LogP contribution in [0.1, 0.15) is 55.9 Å². The van der Waals surface area contributed by atoms with Crippen LogP contribution in [0.15, 0.2) is 12.1 Å². The lowest BCUT2D eigenvalue weighted by molar-refractivity contribution is 0.832. The normalized spacial score (nSPS) is 11.0. The average molecular weight is 190 g/mol. The minimum absolute atomic E-state index is 0.648. The molecular weight excluding hydrogens is 168 g/mol. The van der Waals surface area contributed by atoms with Crippen molar-refractivity contribution in [2.45, 2.75) is 53.4 Å². The highest BCUT2D eigenvalue weighted by Crippen LogP contribution is 2.25. The van der Waals surface area contributed by atoms with E-state index in [1.807, 2.05) is 0 Å². The summed E-state index contributed by atoms with van der Waals surface area (Å²) in [6, 6.07) is 4.69. The summed E-state index contributed by atoms with van der Waals surface area (Å²) in [7, 11) is 0. The second-order valence-electron chi connectivity index (χ2n) is 4.35. The molecular formula is C14H22. The van der Waals surface area contributed by atoms with Crippen LogP contribution in [-0.4, -0.2) is 0 Å². The monoisotopic (exact) mass is 190 g/mol. The summed E-state index contributed by atoms with van der Waals surface area (Å²) in [5.74, 6) is 0.648. The van der Waals surface area contributed by atoms with Crippen LogP contribution in [0, 0.1) is 6.92 Å².